The lowest BCUT2D eigenvalue weighted by atomic mass is 9.85. The lowest BCUT2D eigenvalue weighted by Crippen LogP contribution is -2.44. The van der Waals surface area contributed by atoms with Crippen LogP contribution >= 0.6 is 0 Å². The molecule has 25 heavy (non-hydrogen) atoms. The molecule has 1 aromatic carbocycles. The highest BCUT2D eigenvalue weighted by molar-refractivity contribution is 6.03. The van der Waals surface area contributed by atoms with Gasteiger partial charge >= 0.3 is 0 Å². The van der Waals surface area contributed by atoms with E-state index in [1.165, 1.54) is 5.69 Å². The van der Waals surface area contributed by atoms with Crippen LogP contribution in [0.1, 0.15) is 36.8 Å². The molecule has 0 atom stereocenters. The standard InChI is InChI=1S/C20H28N4O/c1-20(2,3)16-8-7-15(24-12-10-23(4)11-13-24)14-18(16)22-19(25)17-6-5-9-21-17/h5-9,14,21H,10-13H2,1-4H3,(H,22,25). The molecule has 134 valence electrons. The molecule has 0 radical (unpaired) electrons. The molecule has 5 nitrogen and oxygen atoms in total. The third-order valence-corrected chi connectivity index (χ3v) is 4.77. The maximum Gasteiger partial charge on any atom is 0.272 e. The second kappa shape index (κ2) is 6.92. The monoisotopic (exact) mass is 340 g/mol. The number of rotatable bonds is 3. The van der Waals surface area contributed by atoms with Gasteiger partial charge in [-0.25, -0.2) is 0 Å². The normalized spacial score (nSPS) is 16.1. The van der Waals surface area contributed by atoms with Gasteiger partial charge in [0.1, 0.15) is 5.69 Å². The van der Waals surface area contributed by atoms with Crippen molar-refractivity contribution < 1.29 is 4.79 Å². The Hall–Kier alpha value is -2.27. The van der Waals surface area contributed by atoms with Crippen molar-refractivity contribution in [3.05, 3.63) is 47.8 Å². The van der Waals surface area contributed by atoms with Crippen molar-refractivity contribution in [2.75, 3.05) is 43.4 Å². The Morgan fingerprint density at radius 2 is 1.84 bits per heavy atom. The molecule has 3 rings (SSSR count). The fraction of sp³-hybridized carbons (Fsp3) is 0.450. The first-order valence-electron chi connectivity index (χ1n) is 8.87. The second-order valence-corrected chi connectivity index (χ2v) is 7.81. The summed E-state index contributed by atoms with van der Waals surface area (Å²) in [6, 6.07) is 10.1. The summed E-state index contributed by atoms with van der Waals surface area (Å²) >= 11 is 0. The molecule has 2 N–H and O–H groups in total. The van der Waals surface area contributed by atoms with Crippen molar-refractivity contribution in [1.29, 1.82) is 0 Å². The van der Waals surface area contributed by atoms with E-state index >= 15 is 0 Å². The highest BCUT2D eigenvalue weighted by Crippen LogP contribution is 2.33. The van der Waals surface area contributed by atoms with Gasteiger partial charge in [0.25, 0.3) is 5.91 Å². The molecule has 1 saturated heterocycles. The third-order valence-electron chi connectivity index (χ3n) is 4.77. The lowest BCUT2D eigenvalue weighted by Gasteiger charge is -2.35. The molecule has 0 spiro atoms. The van der Waals surface area contributed by atoms with Crippen molar-refractivity contribution in [3.8, 4) is 0 Å². The summed E-state index contributed by atoms with van der Waals surface area (Å²) in [4.78, 5) is 20.2. The van der Waals surface area contributed by atoms with Crippen molar-refractivity contribution in [2.24, 2.45) is 0 Å². The van der Waals surface area contributed by atoms with Gasteiger partial charge in [0.2, 0.25) is 0 Å². The molecule has 1 aromatic heterocycles. The van der Waals surface area contributed by atoms with Crippen molar-refractivity contribution in [3.63, 3.8) is 0 Å². The SMILES string of the molecule is CN1CCN(c2ccc(C(C)(C)C)c(NC(=O)c3ccc[nH]3)c2)CC1. The number of hydrogen-bond donors (Lipinski definition) is 2. The molecular weight excluding hydrogens is 312 g/mol. The van der Waals surface area contributed by atoms with Crippen LogP contribution in [0.4, 0.5) is 11.4 Å². The van der Waals surface area contributed by atoms with Gasteiger partial charge in [-0.15, -0.1) is 0 Å². The number of likely N-dealkylation sites (N-methyl/N-ethyl adjacent to an activating group) is 1. The number of amides is 1. The Bertz CT molecular complexity index is 723. The number of piperazine rings is 1. The second-order valence-electron chi connectivity index (χ2n) is 7.81. The van der Waals surface area contributed by atoms with Crippen LogP contribution in [0.25, 0.3) is 0 Å². The lowest BCUT2D eigenvalue weighted by molar-refractivity contribution is 0.102. The van der Waals surface area contributed by atoms with E-state index in [1.807, 2.05) is 6.07 Å². The van der Waals surface area contributed by atoms with Crippen LogP contribution in [0.15, 0.2) is 36.5 Å². The highest BCUT2D eigenvalue weighted by atomic mass is 16.1. The number of carbonyl (C=O) groups is 1. The number of hydrogen-bond acceptors (Lipinski definition) is 3. The van der Waals surface area contributed by atoms with E-state index in [1.54, 1.807) is 12.3 Å². The largest absolute Gasteiger partial charge is 0.369 e. The van der Waals surface area contributed by atoms with Crippen LogP contribution in [-0.2, 0) is 5.41 Å². The molecule has 5 heteroatoms. The number of nitrogens with one attached hydrogen (secondary N) is 2. The van der Waals surface area contributed by atoms with Crippen molar-refractivity contribution in [1.82, 2.24) is 9.88 Å². The van der Waals surface area contributed by atoms with Crippen LogP contribution in [0.2, 0.25) is 0 Å². The zero-order chi connectivity index (χ0) is 18.0. The molecule has 1 aliphatic heterocycles. The maximum absolute atomic E-state index is 12.5. The number of aromatic nitrogens is 1. The van der Waals surface area contributed by atoms with Gasteiger partial charge in [-0.05, 0) is 42.3 Å². The number of nitrogens with zero attached hydrogens (tertiary/aromatic N) is 2. The number of H-pyrrole nitrogens is 1. The molecule has 1 amide bonds. The predicted octanol–water partition coefficient (Wildman–Crippen LogP) is 3.32. The quantitative estimate of drug-likeness (QED) is 0.901. The molecule has 0 aliphatic carbocycles. The van der Waals surface area contributed by atoms with E-state index in [4.69, 9.17) is 0 Å². The summed E-state index contributed by atoms with van der Waals surface area (Å²) < 4.78 is 0. The average Bonchev–Trinajstić information content (AvgIpc) is 3.09. The zero-order valence-electron chi connectivity index (χ0n) is 15.6. The summed E-state index contributed by atoms with van der Waals surface area (Å²) in [5, 5.41) is 3.10. The molecule has 2 aromatic rings. The van der Waals surface area contributed by atoms with Crippen LogP contribution < -0.4 is 10.2 Å². The minimum atomic E-state index is -0.106. The van der Waals surface area contributed by atoms with Crippen molar-refractivity contribution >= 4 is 17.3 Å². The number of aromatic amines is 1. The predicted molar refractivity (Wildman–Crippen MR) is 104 cm³/mol. The Morgan fingerprint density at radius 3 is 2.44 bits per heavy atom. The minimum Gasteiger partial charge on any atom is -0.369 e. The van der Waals surface area contributed by atoms with Crippen molar-refractivity contribution in [2.45, 2.75) is 26.2 Å². The van der Waals surface area contributed by atoms with E-state index in [-0.39, 0.29) is 11.3 Å². The van der Waals surface area contributed by atoms with Gasteiger partial charge in [0.15, 0.2) is 0 Å². The van der Waals surface area contributed by atoms with E-state index in [0.29, 0.717) is 5.69 Å². The Morgan fingerprint density at radius 1 is 1.12 bits per heavy atom. The minimum absolute atomic E-state index is 0.0427. The number of anilines is 2. The molecular formula is C20H28N4O. The molecule has 1 aliphatic rings. The highest BCUT2D eigenvalue weighted by Gasteiger charge is 2.22. The van der Waals surface area contributed by atoms with E-state index in [9.17, 15) is 4.79 Å². The Balaban J connectivity index is 1.89. The Kier molecular flexibility index (Phi) is 4.86. The summed E-state index contributed by atoms with van der Waals surface area (Å²) in [5.41, 5.74) is 3.74. The fourth-order valence-electron chi connectivity index (χ4n) is 3.21. The van der Waals surface area contributed by atoms with Gasteiger partial charge in [-0.2, -0.15) is 0 Å². The van der Waals surface area contributed by atoms with E-state index < -0.39 is 0 Å². The summed E-state index contributed by atoms with van der Waals surface area (Å²) in [6.07, 6.45) is 1.76. The van der Waals surface area contributed by atoms with Gasteiger partial charge in [-0.1, -0.05) is 26.8 Å². The molecule has 0 bridgehead atoms. The summed E-state index contributed by atoms with van der Waals surface area (Å²) in [6.45, 7) is 10.6. The molecule has 2 heterocycles. The first-order chi connectivity index (χ1) is 11.8. The molecule has 0 saturated carbocycles. The van der Waals surface area contributed by atoms with Gasteiger partial charge in [-0.3, -0.25) is 4.79 Å². The van der Waals surface area contributed by atoms with Gasteiger partial charge in [0.05, 0.1) is 0 Å². The summed E-state index contributed by atoms with van der Waals surface area (Å²) in [7, 11) is 2.15. The van der Waals surface area contributed by atoms with Crippen LogP contribution in [0.5, 0.6) is 0 Å². The maximum atomic E-state index is 12.5. The number of benzene rings is 1. The Labute approximate surface area is 150 Å². The summed E-state index contributed by atoms with van der Waals surface area (Å²) in [5.74, 6) is -0.106. The first-order valence-corrected chi connectivity index (χ1v) is 8.87. The average molecular weight is 340 g/mol. The topological polar surface area (TPSA) is 51.4 Å². The van der Waals surface area contributed by atoms with Gasteiger partial charge < -0.3 is 20.1 Å². The fourth-order valence-corrected chi connectivity index (χ4v) is 3.21. The third kappa shape index (κ3) is 4.04. The van der Waals surface area contributed by atoms with Crippen LogP contribution in [0.3, 0.4) is 0 Å². The molecule has 1 fully saturated rings. The smallest absolute Gasteiger partial charge is 0.272 e. The van der Waals surface area contributed by atoms with E-state index in [0.717, 1.165) is 37.4 Å². The first kappa shape index (κ1) is 17.5. The van der Waals surface area contributed by atoms with Gasteiger partial charge in [0, 0.05) is 43.8 Å². The van der Waals surface area contributed by atoms with Crippen LogP contribution in [0, 0.1) is 0 Å². The van der Waals surface area contributed by atoms with Crippen LogP contribution in [-0.4, -0.2) is 49.0 Å². The van der Waals surface area contributed by atoms with E-state index in [2.05, 4.69) is 66.1 Å². The zero-order valence-corrected chi connectivity index (χ0v) is 15.6. The number of carbonyl (C=O) groups excluding carboxylic acids is 1. The molecule has 0 unspecified atom stereocenters.